The highest BCUT2D eigenvalue weighted by atomic mass is 35.5. The zero-order valence-corrected chi connectivity index (χ0v) is 17.5. The number of hydrogen-bond donors (Lipinski definition) is 1. The molecule has 2 unspecified atom stereocenters. The van der Waals surface area contributed by atoms with Crippen LogP contribution in [-0.2, 0) is 4.79 Å². The number of hydrogen-bond acceptors (Lipinski definition) is 4. The average Bonchev–Trinajstić information content (AvgIpc) is 2.93. The van der Waals surface area contributed by atoms with Crippen LogP contribution in [-0.4, -0.2) is 28.9 Å². The number of nitrogens with zero attached hydrogens (tertiary/aromatic N) is 2. The summed E-state index contributed by atoms with van der Waals surface area (Å²) in [5.41, 5.74) is 7.85. The number of carbonyl (C=O) groups excluding carboxylic acids is 1. The number of carbonyl (C=O) groups is 1. The molecule has 0 fully saturated rings. The van der Waals surface area contributed by atoms with Gasteiger partial charge >= 0.3 is 0 Å². The second kappa shape index (κ2) is 10.8. The van der Waals surface area contributed by atoms with Gasteiger partial charge < -0.3 is 10.6 Å². The van der Waals surface area contributed by atoms with Crippen molar-refractivity contribution in [1.29, 1.82) is 0 Å². The fraction of sp³-hybridized carbons (Fsp3) is 0.444. The van der Waals surface area contributed by atoms with E-state index in [4.69, 9.17) is 5.73 Å². The fourth-order valence-electron chi connectivity index (χ4n) is 2.42. The van der Waals surface area contributed by atoms with Crippen LogP contribution in [0, 0.1) is 6.92 Å². The fourth-order valence-corrected chi connectivity index (χ4v) is 3.59. The van der Waals surface area contributed by atoms with Crippen LogP contribution in [0.5, 0.6) is 0 Å². The number of rotatable bonds is 6. The number of aromatic nitrogens is 1. The molecule has 25 heavy (non-hydrogen) atoms. The lowest BCUT2D eigenvalue weighted by Crippen LogP contribution is -2.30. The van der Waals surface area contributed by atoms with Crippen molar-refractivity contribution in [3.63, 3.8) is 0 Å². The summed E-state index contributed by atoms with van der Waals surface area (Å²) >= 11 is 1.66. The molecule has 0 radical (unpaired) electrons. The maximum absolute atomic E-state index is 12.3. The molecule has 0 aliphatic carbocycles. The Morgan fingerprint density at radius 1 is 1.24 bits per heavy atom. The predicted molar refractivity (Wildman–Crippen MR) is 111 cm³/mol. The smallest absolute Gasteiger partial charge is 0.222 e. The summed E-state index contributed by atoms with van der Waals surface area (Å²) in [5, 5.41) is 1.00. The number of amides is 1. The first-order valence-corrected chi connectivity index (χ1v) is 8.75. The van der Waals surface area contributed by atoms with E-state index in [1.54, 1.807) is 16.2 Å². The van der Waals surface area contributed by atoms with E-state index >= 15 is 0 Å². The summed E-state index contributed by atoms with van der Waals surface area (Å²) < 4.78 is 0. The molecule has 4 nitrogen and oxygen atoms in total. The Bertz CT molecular complexity index is 662. The molecular formula is C18H27Cl2N3OS. The van der Waals surface area contributed by atoms with Gasteiger partial charge in [0.2, 0.25) is 5.91 Å². The Morgan fingerprint density at radius 2 is 1.84 bits per heavy atom. The summed E-state index contributed by atoms with van der Waals surface area (Å²) in [7, 11) is 1.86. The molecule has 2 atom stereocenters. The van der Waals surface area contributed by atoms with Gasteiger partial charge in [-0.3, -0.25) is 4.79 Å². The molecule has 1 aromatic carbocycles. The van der Waals surface area contributed by atoms with E-state index in [-0.39, 0.29) is 42.8 Å². The van der Waals surface area contributed by atoms with Gasteiger partial charge in [0.25, 0.3) is 0 Å². The second-order valence-electron chi connectivity index (χ2n) is 6.03. The third-order valence-electron chi connectivity index (χ3n) is 4.02. The van der Waals surface area contributed by atoms with Crippen LogP contribution >= 0.6 is 36.2 Å². The molecule has 2 aromatic rings. The number of benzene rings is 1. The molecule has 0 saturated heterocycles. The highest BCUT2D eigenvalue weighted by molar-refractivity contribution is 7.15. The minimum Gasteiger partial charge on any atom is -0.338 e. The molecule has 2 N–H and O–H groups in total. The Balaban J connectivity index is 0.00000288. The second-order valence-corrected chi connectivity index (χ2v) is 7.06. The Labute approximate surface area is 166 Å². The summed E-state index contributed by atoms with van der Waals surface area (Å²) in [4.78, 5) is 19.9. The third-order valence-corrected chi connectivity index (χ3v) is 5.40. The molecule has 0 aliphatic heterocycles. The van der Waals surface area contributed by atoms with Crippen LogP contribution < -0.4 is 5.73 Å². The van der Waals surface area contributed by atoms with Gasteiger partial charge in [-0.05, 0) is 27.2 Å². The predicted octanol–water partition coefficient (Wildman–Crippen LogP) is 4.61. The van der Waals surface area contributed by atoms with Crippen molar-refractivity contribution in [2.24, 2.45) is 5.73 Å². The summed E-state index contributed by atoms with van der Waals surface area (Å²) in [6.45, 7) is 5.99. The van der Waals surface area contributed by atoms with E-state index in [0.29, 0.717) is 12.8 Å². The van der Waals surface area contributed by atoms with E-state index in [1.807, 2.05) is 39.1 Å². The lowest BCUT2D eigenvalue weighted by Gasteiger charge is -2.24. The van der Waals surface area contributed by atoms with Crippen molar-refractivity contribution < 1.29 is 4.79 Å². The summed E-state index contributed by atoms with van der Waals surface area (Å²) in [6, 6.07) is 10.2. The van der Waals surface area contributed by atoms with Gasteiger partial charge in [-0.25, -0.2) is 4.98 Å². The van der Waals surface area contributed by atoms with Gasteiger partial charge in [0, 0.05) is 25.1 Å². The first kappa shape index (κ1) is 23.9. The Morgan fingerprint density at radius 3 is 2.40 bits per heavy atom. The van der Waals surface area contributed by atoms with E-state index in [1.165, 1.54) is 0 Å². The van der Waals surface area contributed by atoms with Crippen LogP contribution in [0.15, 0.2) is 30.3 Å². The van der Waals surface area contributed by atoms with Crippen molar-refractivity contribution in [3.05, 3.63) is 40.9 Å². The standard InChI is InChI=1S/C18H25N3OS.2ClH/c1-12(19)10-11-16(22)21(4)14(3)17-13(2)20-18(23-17)15-8-6-5-7-9-15;;/h5-9,12,14H,10-11,19H2,1-4H3;2*1H. The lowest BCUT2D eigenvalue weighted by atomic mass is 10.1. The molecule has 1 heterocycles. The lowest BCUT2D eigenvalue weighted by molar-refractivity contribution is -0.131. The number of thiazole rings is 1. The van der Waals surface area contributed by atoms with Crippen molar-refractivity contribution >= 4 is 42.1 Å². The van der Waals surface area contributed by atoms with Crippen LogP contribution in [0.1, 0.15) is 43.3 Å². The van der Waals surface area contributed by atoms with E-state index in [0.717, 1.165) is 21.1 Å². The zero-order chi connectivity index (χ0) is 17.0. The molecule has 0 bridgehead atoms. The van der Waals surface area contributed by atoms with E-state index in [2.05, 4.69) is 24.0 Å². The van der Waals surface area contributed by atoms with Crippen molar-refractivity contribution in [2.75, 3.05) is 7.05 Å². The van der Waals surface area contributed by atoms with E-state index < -0.39 is 0 Å². The third kappa shape index (κ3) is 6.26. The Kier molecular flexibility index (Phi) is 10.3. The quantitative estimate of drug-likeness (QED) is 0.765. The molecular weight excluding hydrogens is 377 g/mol. The molecule has 140 valence electrons. The maximum atomic E-state index is 12.3. The van der Waals surface area contributed by atoms with Crippen molar-refractivity contribution in [1.82, 2.24) is 9.88 Å². The molecule has 2 rings (SSSR count). The molecule has 0 spiro atoms. The van der Waals surface area contributed by atoms with Crippen LogP contribution in [0.4, 0.5) is 0 Å². The zero-order valence-electron chi connectivity index (χ0n) is 15.1. The summed E-state index contributed by atoms with van der Waals surface area (Å²) in [5.74, 6) is 0.129. The van der Waals surface area contributed by atoms with Gasteiger partial charge in [0.1, 0.15) is 5.01 Å². The van der Waals surface area contributed by atoms with Crippen LogP contribution in [0.2, 0.25) is 0 Å². The number of aryl methyl sites for hydroxylation is 1. The molecule has 7 heteroatoms. The van der Waals surface area contributed by atoms with Gasteiger partial charge in [-0.2, -0.15) is 0 Å². The largest absolute Gasteiger partial charge is 0.338 e. The highest BCUT2D eigenvalue weighted by Gasteiger charge is 2.22. The molecule has 0 saturated carbocycles. The minimum absolute atomic E-state index is 0. The maximum Gasteiger partial charge on any atom is 0.222 e. The molecule has 1 amide bonds. The highest BCUT2D eigenvalue weighted by Crippen LogP contribution is 2.33. The minimum atomic E-state index is 0. The van der Waals surface area contributed by atoms with Crippen molar-refractivity contribution in [3.8, 4) is 10.6 Å². The molecule has 1 aromatic heterocycles. The summed E-state index contributed by atoms with van der Waals surface area (Å²) in [6.07, 6.45) is 1.20. The first-order valence-electron chi connectivity index (χ1n) is 7.94. The average molecular weight is 404 g/mol. The number of nitrogens with two attached hydrogens (primary N) is 1. The number of halogens is 2. The van der Waals surface area contributed by atoms with Gasteiger partial charge in [0.05, 0.1) is 16.6 Å². The first-order chi connectivity index (χ1) is 10.9. The topological polar surface area (TPSA) is 59.2 Å². The van der Waals surface area contributed by atoms with Crippen molar-refractivity contribution in [2.45, 2.75) is 45.7 Å². The molecule has 0 aliphatic rings. The Hall–Kier alpha value is -1.14. The normalized spacial score (nSPS) is 12.5. The van der Waals surface area contributed by atoms with Crippen LogP contribution in [0.3, 0.4) is 0 Å². The van der Waals surface area contributed by atoms with Crippen LogP contribution in [0.25, 0.3) is 10.6 Å². The van der Waals surface area contributed by atoms with Gasteiger partial charge in [-0.15, -0.1) is 36.2 Å². The van der Waals surface area contributed by atoms with E-state index in [9.17, 15) is 4.79 Å². The SMILES string of the molecule is Cc1nc(-c2ccccc2)sc1C(C)N(C)C(=O)CCC(C)N.Cl.Cl. The monoisotopic (exact) mass is 403 g/mol. The van der Waals surface area contributed by atoms with Gasteiger partial charge in [0.15, 0.2) is 0 Å². The van der Waals surface area contributed by atoms with Gasteiger partial charge in [-0.1, -0.05) is 30.3 Å².